The Morgan fingerprint density at radius 1 is 1.56 bits per heavy atom. The van der Waals surface area contributed by atoms with Crippen LogP contribution in [-0.4, -0.2) is 19.7 Å². The van der Waals surface area contributed by atoms with Crippen LogP contribution < -0.4 is 11.4 Å². The van der Waals surface area contributed by atoms with Crippen LogP contribution in [0.5, 0.6) is 0 Å². The van der Waals surface area contributed by atoms with Gasteiger partial charge in [0.25, 0.3) is 5.69 Å². The first kappa shape index (κ1) is 12.2. The lowest BCUT2D eigenvalue weighted by Crippen LogP contribution is -2.12. The predicted molar refractivity (Wildman–Crippen MR) is 65.5 cm³/mol. The second-order valence-electron chi connectivity index (χ2n) is 3.45. The van der Waals surface area contributed by atoms with E-state index in [0.29, 0.717) is 10.1 Å². The second-order valence-corrected chi connectivity index (χ2v) is 4.49. The van der Waals surface area contributed by atoms with Gasteiger partial charge in [-0.05, 0) is 23.9 Å². The molecule has 3 N–H and O–H groups in total. The lowest BCUT2D eigenvalue weighted by atomic mass is 10.3. The molecule has 0 unspecified atom stereocenters. The minimum Gasteiger partial charge on any atom is -0.393 e. The zero-order valence-corrected chi connectivity index (χ0v) is 10.1. The van der Waals surface area contributed by atoms with E-state index in [9.17, 15) is 14.9 Å². The molecule has 0 spiro atoms. The number of rotatable bonds is 3. The summed E-state index contributed by atoms with van der Waals surface area (Å²) in [5.74, 6) is 0. The van der Waals surface area contributed by atoms with Crippen LogP contribution in [0.1, 0.15) is 0 Å². The monoisotopic (exact) mass is 267 g/mol. The number of anilines is 1. The minimum absolute atomic E-state index is 0.0746. The average Bonchev–Trinajstić information content (AvgIpc) is 2.61. The number of nitrogens with one attached hydrogen (secondary N) is 1. The van der Waals surface area contributed by atoms with Gasteiger partial charge in [0.2, 0.25) is 0 Å². The predicted octanol–water partition coefficient (Wildman–Crippen LogP) is 0.750. The molecule has 0 aliphatic carbocycles. The van der Waals surface area contributed by atoms with E-state index < -0.39 is 4.92 Å². The van der Waals surface area contributed by atoms with Gasteiger partial charge in [-0.25, -0.2) is 9.89 Å². The van der Waals surface area contributed by atoms with Gasteiger partial charge < -0.3 is 5.73 Å². The molecule has 0 aliphatic rings. The van der Waals surface area contributed by atoms with E-state index in [0.717, 1.165) is 0 Å². The highest BCUT2D eigenvalue weighted by Crippen LogP contribution is 2.30. The number of nitrogens with two attached hydrogens (primary N) is 1. The minimum atomic E-state index is -0.548. The Bertz CT molecular complexity index is 662. The molecule has 1 heterocycles. The largest absolute Gasteiger partial charge is 0.393 e. The first-order chi connectivity index (χ1) is 8.49. The van der Waals surface area contributed by atoms with Gasteiger partial charge in [-0.3, -0.25) is 14.7 Å². The Morgan fingerprint density at radius 2 is 2.28 bits per heavy atom. The maximum absolute atomic E-state index is 11.2. The van der Waals surface area contributed by atoms with Crippen LogP contribution in [-0.2, 0) is 7.05 Å². The third kappa shape index (κ3) is 2.20. The van der Waals surface area contributed by atoms with E-state index in [1.54, 1.807) is 13.1 Å². The number of nitrogen functional groups attached to an aromatic ring is 1. The molecule has 18 heavy (non-hydrogen) atoms. The molecule has 9 heteroatoms. The van der Waals surface area contributed by atoms with Crippen LogP contribution >= 0.6 is 11.8 Å². The van der Waals surface area contributed by atoms with Crippen molar-refractivity contribution >= 4 is 23.1 Å². The molecular formula is C9H9N5O3S. The van der Waals surface area contributed by atoms with Gasteiger partial charge in [0, 0.05) is 18.0 Å². The van der Waals surface area contributed by atoms with E-state index in [1.165, 1.54) is 28.5 Å². The lowest BCUT2D eigenvalue weighted by Gasteiger charge is -2.02. The molecule has 1 aromatic carbocycles. The normalized spacial score (nSPS) is 10.5. The molecule has 1 aromatic heterocycles. The molecule has 2 aromatic rings. The average molecular weight is 267 g/mol. The molecule has 94 valence electrons. The number of hydrogen-bond acceptors (Lipinski definition) is 6. The number of benzene rings is 1. The highest BCUT2D eigenvalue weighted by Gasteiger charge is 2.13. The van der Waals surface area contributed by atoms with Crippen molar-refractivity contribution in [2.24, 2.45) is 7.05 Å². The molecule has 0 radical (unpaired) electrons. The smallest absolute Gasteiger partial charge is 0.343 e. The van der Waals surface area contributed by atoms with Gasteiger partial charge in [0.05, 0.1) is 4.92 Å². The molecule has 0 aliphatic heterocycles. The molecule has 8 nitrogen and oxygen atoms in total. The van der Waals surface area contributed by atoms with Crippen LogP contribution in [0.4, 0.5) is 11.4 Å². The van der Waals surface area contributed by atoms with Crippen molar-refractivity contribution in [2.75, 3.05) is 5.73 Å². The number of aromatic nitrogens is 3. The summed E-state index contributed by atoms with van der Waals surface area (Å²) in [4.78, 5) is 21.9. The summed E-state index contributed by atoms with van der Waals surface area (Å²) < 4.78 is 1.34. The fourth-order valence-electron chi connectivity index (χ4n) is 1.29. The number of nitro groups is 1. The third-order valence-corrected chi connectivity index (χ3v) is 3.28. The zero-order chi connectivity index (χ0) is 13.3. The van der Waals surface area contributed by atoms with E-state index >= 15 is 0 Å². The van der Waals surface area contributed by atoms with E-state index in [2.05, 4.69) is 10.2 Å². The number of aromatic amines is 1. The Hall–Kier alpha value is -2.29. The van der Waals surface area contributed by atoms with Gasteiger partial charge in [0.15, 0.2) is 5.16 Å². The Labute approximate surface area is 105 Å². The van der Waals surface area contributed by atoms with Crippen molar-refractivity contribution in [1.29, 1.82) is 0 Å². The topological polar surface area (TPSA) is 120 Å². The molecular weight excluding hydrogens is 258 g/mol. The first-order valence-corrected chi connectivity index (χ1v) is 5.64. The Kier molecular flexibility index (Phi) is 3.06. The van der Waals surface area contributed by atoms with Gasteiger partial charge in [-0.2, -0.15) is 0 Å². The summed E-state index contributed by atoms with van der Waals surface area (Å²) in [5, 5.41) is 17.2. The van der Waals surface area contributed by atoms with Gasteiger partial charge >= 0.3 is 5.69 Å². The Morgan fingerprint density at radius 3 is 2.78 bits per heavy atom. The molecule has 0 saturated heterocycles. The van der Waals surface area contributed by atoms with E-state index in [4.69, 9.17) is 5.73 Å². The highest BCUT2D eigenvalue weighted by atomic mass is 32.2. The van der Waals surface area contributed by atoms with Crippen molar-refractivity contribution < 1.29 is 4.92 Å². The maximum atomic E-state index is 11.2. The van der Waals surface area contributed by atoms with Gasteiger partial charge in [0.1, 0.15) is 5.69 Å². The van der Waals surface area contributed by atoms with Crippen LogP contribution in [0.25, 0.3) is 0 Å². The van der Waals surface area contributed by atoms with Crippen LogP contribution in [0.15, 0.2) is 33.0 Å². The first-order valence-electron chi connectivity index (χ1n) is 4.82. The highest BCUT2D eigenvalue weighted by molar-refractivity contribution is 7.99. The standard InChI is InChI=1S/C9H9N5O3S/c1-13-8(15)11-12-9(13)18-5-2-3-7(14(16)17)6(10)4-5/h2-4H,10H2,1H3,(H,11,15). The molecule has 0 atom stereocenters. The van der Waals surface area contributed by atoms with Gasteiger partial charge in [-0.1, -0.05) is 0 Å². The summed E-state index contributed by atoms with van der Waals surface area (Å²) in [6, 6.07) is 4.35. The van der Waals surface area contributed by atoms with E-state index in [1.807, 2.05) is 0 Å². The van der Waals surface area contributed by atoms with Crippen molar-refractivity contribution in [2.45, 2.75) is 10.1 Å². The van der Waals surface area contributed by atoms with Crippen molar-refractivity contribution in [1.82, 2.24) is 14.8 Å². The summed E-state index contributed by atoms with van der Waals surface area (Å²) >= 11 is 1.19. The zero-order valence-electron chi connectivity index (χ0n) is 9.28. The Balaban J connectivity index is 2.31. The molecule has 0 saturated carbocycles. The number of nitrogens with zero attached hydrogens (tertiary/aromatic N) is 3. The summed E-state index contributed by atoms with van der Waals surface area (Å²) in [7, 11) is 1.57. The third-order valence-electron chi connectivity index (χ3n) is 2.24. The van der Waals surface area contributed by atoms with Crippen molar-refractivity contribution in [3.05, 3.63) is 38.8 Å². The summed E-state index contributed by atoms with van der Waals surface area (Å²) in [6.07, 6.45) is 0. The van der Waals surface area contributed by atoms with Crippen LogP contribution in [0, 0.1) is 10.1 Å². The lowest BCUT2D eigenvalue weighted by molar-refractivity contribution is -0.383. The van der Waals surface area contributed by atoms with Gasteiger partial charge in [-0.15, -0.1) is 5.10 Å². The van der Waals surface area contributed by atoms with Crippen LogP contribution in [0.3, 0.4) is 0 Å². The van der Waals surface area contributed by atoms with E-state index in [-0.39, 0.29) is 17.1 Å². The maximum Gasteiger partial charge on any atom is 0.343 e. The van der Waals surface area contributed by atoms with Crippen molar-refractivity contribution in [3.8, 4) is 0 Å². The molecule has 2 rings (SSSR count). The second kappa shape index (κ2) is 4.53. The van der Waals surface area contributed by atoms with Crippen LogP contribution in [0.2, 0.25) is 0 Å². The molecule has 0 amide bonds. The number of hydrogen-bond donors (Lipinski definition) is 2. The fourth-order valence-corrected chi connectivity index (χ4v) is 2.14. The quantitative estimate of drug-likeness (QED) is 0.481. The molecule has 0 fully saturated rings. The molecule has 0 bridgehead atoms. The van der Waals surface area contributed by atoms with Crippen molar-refractivity contribution in [3.63, 3.8) is 0 Å². The summed E-state index contributed by atoms with van der Waals surface area (Å²) in [5.41, 5.74) is 5.17. The number of H-pyrrole nitrogens is 1. The summed E-state index contributed by atoms with van der Waals surface area (Å²) in [6.45, 7) is 0. The SMILES string of the molecule is Cn1c(Sc2ccc([N+](=O)[O-])c(N)c2)n[nH]c1=O. The fraction of sp³-hybridized carbons (Fsp3) is 0.111. The number of nitro benzene ring substituents is 1.